The average molecular weight is 408 g/mol. The Hall–Kier alpha value is -2.73. The van der Waals surface area contributed by atoms with Gasteiger partial charge in [-0.15, -0.1) is 0 Å². The first-order chi connectivity index (χ1) is 12.9. The number of benzene rings is 2. The molecule has 27 heavy (non-hydrogen) atoms. The molecule has 1 aliphatic heterocycles. The molecule has 7 nitrogen and oxygen atoms in total. The summed E-state index contributed by atoms with van der Waals surface area (Å²) >= 11 is 12.5. The standard InChI is InChI=1S/C18H15Cl2N3O4/c1-27-12-4-2-11(3-5-12)22-14-8-16(18(25)26)23(21-9-24)15-7-10(19)6-13(20)17(14)15/h2-7,14,16,22H,8H2,1H3,(H,25,26)/t14-,16+/m0/s1. The molecule has 0 spiro atoms. The lowest BCUT2D eigenvalue weighted by atomic mass is 9.91. The van der Waals surface area contributed by atoms with E-state index in [4.69, 9.17) is 27.9 Å². The normalized spacial score (nSPS) is 18.3. The Bertz CT molecular complexity index is 914. The molecule has 0 unspecified atom stereocenters. The van der Waals surface area contributed by atoms with E-state index in [-0.39, 0.29) is 6.42 Å². The van der Waals surface area contributed by atoms with E-state index in [1.807, 2.05) is 12.1 Å². The van der Waals surface area contributed by atoms with E-state index < -0.39 is 18.1 Å². The van der Waals surface area contributed by atoms with Crippen molar-refractivity contribution in [1.82, 2.24) is 0 Å². The molecule has 0 bridgehead atoms. The van der Waals surface area contributed by atoms with Gasteiger partial charge in [-0.2, -0.15) is 0 Å². The zero-order valence-electron chi connectivity index (χ0n) is 14.1. The van der Waals surface area contributed by atoms with Gasteiger partial charge in [0, 0.05) is 27.7 Å². The molecule has 9 heteroatoms. The Morgan fingerprint density at radius 1 is 1.33 bits per heavy atom. The number of rotatable bonds is 5. The Kier molecular flexibility index (Phi) is 5.56. The zero-order valence-corrected chi connectivity index (χ0v) is 15.7. The van der Waals surface area contributed by atoms with Gasteiger partial charge in [-0.05, 0) is 36.4 Å². The largest absolute Gasteiger partial charge is 0.497 e. The second kappa shape index (κ2) is 7.88. The molecule has 0 amide bonds. The van der Waals surface area contributed by atoms with E-state index in [0.717, 1.165) is 10.7 Å². The number of hydrazone groups is 1. The number of hydrogen-bond donors (Lipinski definition) is 2. The number of anilines is 2. The van der Waals surface area contributed by atoms with Crippen LogP contribution in [0.1, 0.15) is 18.0 Å². The Morgan fingerprint density at radius 3 is 2.63 bits per heavy atom. The van der Waals surface area contributed by atoms with E-state index in [1.54, 1.807) is 25.3 Å². The summed E-state index contributed by atoms with van der Waals surface area (Å²) in [7, 11) is 1.57. The fraction of sp³-hybridized carbons (Fsp3) is 0.222. The molecule has 0 aliphatic carbocycles. The van der Waals surface area contributed by atoms with Crippen molar-refractivity contribution in [1.29, 1.82) is 0 Å². The van der Waals surface area contributed by atoms with Gasteiger partial charge in [-0.25, -0.2) is 14.6 Å². The van der Waals surface area contributed by atoms with Crippen molar-refractivity contribution in [3.63, 3.8) is 0 Å². The van der Waals surface area contributed by atoms with Crippen molar-refractivity contribution in [3.8, 4) is 5.75 Å². The summed E-state index contributed by atoms with van der Waals surface area (Å²) in [6.45, 7) is 0. The minimum Gasteiger partial charge on any atom is -0.497 e. The molecule has 2 atom stereocenters. The molecule has 0 saturated heterocycles. The Morgan fingerprint density at radius 2 is 2.04 bits per heavy atom. The average Bonchev–Trinajstić information content (AvgIpc) is 2.63. The molecular formula is C18H15Cl2N3O4. The predicted octanol–water partition coefficient (Wildman–Crippen LogP) is 4.07. The number of aliphatic carboxylic acids is 1. The van der Waals surface area contributed by atoms with Gasteiger partial charge in [0.25, 0.3) is 6.08 Å². The highest BCUT2D eigenvalue weighted by Crippen LogP contribution is 2.44. The van der Waals surface area contributed by atoms with E-state index in [1.165, 1.54) is 12.1 Å². The smallest absolute Gasteiger partial charge is 0.328 e. The van der Waals surface area contributed by atoms with Gasteiger partial charge in [0.05, 0.1) is 18.8 Å². The van der Waals surface area contributed by atoms with Crippen LogP contribution < -0.4 is 15.1 Å². The first-order valence-electron chi connectivity index (χ1n) is 7.94. The lowest BCUT2D eigenvalue weighted by molar-refractivity contribution is -0.139. The Labute approximate surface area is 165 Å². The van der Waals surface area contributed by atoms with Crippen LogP contribution in [-0.2, 0) is 9.59 Å². The number of carboxylic acid groups (broad SMARTS) is 1. The van der Waals surface area contributed by atoms with Crippen molar-refractivity contribution in [2.24, 2.45) is 5.10 Å². The first-order valence-corrected chi connectivity index (χ1v) is 8.69. The zero-order chi connectivity index (χ0) is 19.6. The first kappa shape index (κ1) is 19.0. The summed E-state index contributed by atoms with van der Waals surface area (Å²) in [5.74, 6) is -0.429. The molecule has 140 valence electrons. The van der Waals surface area contributed by atoms with E-state index in [9.17, 15) is 14.7 Å². The highest BCUT2D eigenvalue weighted by Gasteiger charge is 2.39. The summed E-state index contributed by atoms with van der Waals surface area (Å²) in [5, 5.41) is 18.2. The highest BCUT2D eigenvalue weighted by atomic mass is 35.5. The quantitative estimate of drug-likeness (QED) is 0.573. The van der Waals surface area contributed by atoms with E-state index in [2.05, 4.69) is 10.4 Å². The summed E-state index contributed by atoms with van der Waals surface area (Å²) < 4.78 is 5.14. The fourth-order valence-corrected chi connectivity index (χ4v) is 3.72. The van der Waals surface area contributed by atoms with Crippen LogP contribution >= 0.6 is 23.2 Å². The summed E-state index contributed by atoms with van der Waals surface area (Å²) in [6.07, 6.45) is 1.52. The van der Waals surface area contributed by atoms with Gasteiger partial charge < -0.3 is 15.2 Å². The van der Waals surface area contributed by atoms with Crippen LogP contribution in [0.4, 0.5) is 11.4 Å². The maximum absolute atomic E-state index is 11.8. The molecule has 0 saturated carbocycles. The second-order valence-electron chi connectivity index (χ2n) is 5.87. The van der Waals surface area contributed by atoms with Crippen LogP contribution in [0.15, 0.2) is 41.5 Å². The fourth-order valence-electron chi connectivity index (χ4n) is 3.11. The summed E-state index contributed by atoms with van der Waals surface area (Å²) in [6, 6.07) is 8.78. The molecule has 2 aromatic carbocycles. The topological polar surface area (TPSA) is 91.2 Å². The number of ether oxygens (including phenoxy) is 1. The van der Waals surface area contributed by atoms with E-state index >= 15 is 0 Å². The summed E-state index contributed by atoms with van der Waals surface area (Å²) in [5.41, 5.74) is 1.71. The third-order valence-corrected chi connectivity index (χ3v) is 4.82. The van der Waals surface area contributed by atoms with Crippen molar-refractivity contribution < 1.29 is 19.4 Å². The number of carbonyl (C=O) groups is 1. The van der Waals surface area contributed by atoms with Gasteiger partial charge >= 0.3 is 5.97 Å². The Balaban J connectivity index is 2.07. The van der Waals surface area contributed by atoms with Crippen LogP contribution in [0.5, 0.6) is 5.75 Å². The molecule has 0 fully saturated rings. The molecule has 0 radical (unpaired) electrons. The number of nitrogens with zero attached hydrogens (tertiary/aromatic N) is 2. The van der Waals surface area contributed by atoms with Crippen LogP contribution in [0.25, 0.3) is 0 Å². The number of isocyanates is 1. The number of carbonyl (C=O) groups excluding carboxylic acids is 1. The monoisotopic (exact) mass is 407 g/mol. The SMILES string of the molecule is COc1ccc(N[C@H]2C[C@H](C(=O)O)N(N=C=O)c3cc(Cl)cc(Cl)c32)cc1. The van der Waals surface area contributed by atoms with Gasteiger partial charge in [-0.1, -0.05) is 28.3 Å². The van der Waals surface area contributed by atoms with Crippen LogP contribution in [0.3, 0.4) is 0 Å². The van der Waals surface area contributed by atoms with Crippen molar-refractivity contribution >= 4 is 46.6 Å². The van der Waals surface area contributed by atoms with Gasteiger partial charge in [-0.3, -0.25) is 0 Å². The van der Waals surface area contributed by atoms with Crippen LogP contribution in [0, 0.1) is 0 Å². The third kappa shape index (κ3) is 3.85. The summed E-state index contributed by atoms with van der Waals surface area (Å²) in [4.78, 5) is 22.6. The van der Waals surface area contributed by atoms with Crippen molar-refractivity contribution in [2.75, 3.05) is 17.4 Å². The van der Waals surface area contributed by atoms with Crippen LogP contribution in [-0.4, -0.2) is 30.3 Å². The highest BCUT2D eigenvalue weighted by molar-refractivity contribution is 6.35. The predicted molar refractivity (Wildman–Crippen MR) is 102 cm³/mol. The molecule has 2 aromatic rings. The molecule has 0 aromatic heterocycles. The lowest BCUT2D eigenvalue weighted by Crippen LogP contribution is -2.44. The minimum atomic E-state index is -1.13. The molecule has 1 heterocycles. The second-order valence-corrected chi connectivity index (χ2v) is 6.72. The number of hydrogen-bond acceptors (Lipinski definition) is 6. The maximum atomic E-state index is 11.8. The third-order valence-electron chi connectivity index (χ3n) is 4.29. The van der Waals surface area contributed by atoms with Gasteiger partial charge in [0.2, 0.25) is 0 Å². The molecule has 2 N–H and O–H groups in total. The van der Waals surface area contributed by atoms with Gasteiger partial charge in [0.15, 0.2) is 6.04 Å². The van der Waals surface area contributed by atoms with Crippen molar-refractivity contribution in [2.45, 2.75) is 18.5 Å². The molecule has 1 aliphatic rings. The number of methoxy groups -OCH3 is 1. The minimum absolute atomic E-state index is 0.126. The van der Waals surface area contributed by atoms with E-state index in [0.29, 0.717) is 27.0 Å². The number of carboxylic acids is 1. The number of halogens is 2. The molecular weight excluding hydrogens is 393 g/mol. The van der Waals surface area contributed by atoms with Crippen LogP contribution in [0.2, 0.25) is 10.0 Å². The number of nitrogens with one attached hydrogen (secondary N) is 1. The number of fused-ring (bicyclic) bond motifs is 1. The van der Waals surface area contributed by atoms with Crippen molar-refractivity contribution in [3.05, 3.63) is 52.0 Å². The lowest BCUT2D eigenvalue weighted by Gasteiger charge is -2.37. The van der Waals surface area contributed by atoms with Gasteiger partial charge in [0.1, 0.15) is 5.75 Å². The maximum Gasteiger partial charge on any atom is 0.328 e. The molecule has 3 rings (SSSR count).